The van der Waals surface area contributed by atoms with Crippen molar-refractivity contribution in [2.45, 2.75) is 37.8 Å². The fourth-order valence-corrected chi connectivity index (χ4v) is 3.63. The summed E-state index contributed by atoms with van der Waals surface area (Å²) in [6, 6.07) is 2.11. The first-order valence-electron chi connectivity index (χ1n) is 5.82. The van der Waals surface area contributed by atoms with Crippen molar-refractivity contribution < 1.29 is 9.90 Å². The maximum absolute atomic E-state index is 11.4. The maximum Gasteiger partial charge on any atom is 0.325 e. The zero-order valence-electron chi connectivity index (χ0n) is 9.06. The third-order valence-corrected chi connectivity index (χ3v) is 4.78. The van der Waals surface area contributed by atoms with Crippen molar-refractivity contribution in [2.24, 2.45) is 0 Å². The summed E-state index contributed by atoms with van der Waals surface area (Å²) in [5.74, 6) is -0.689. The number of rotatable bonds is 2. The Morgan fingerprint density at radius 1 is 1.50 bits per heavy atom. The quantitative estimate of drug-likeness (QED) is 0.858. The number of carbonyl (C=O) groups is 1. The molecule has 1 aliphatic heterocycles. The molecule has 3 nitrogen and oxygen atoms in total. The Labute approximate surface area is 98.7 Å². The molecule has 1 saturated carbocycles. The zero-order chi connectivity index (χ0) is 11.1. The van der Waals surface area contributed by atoms with Gasteiger partial charge in [0.15, 0.2) is 0 Å². The van der Waals surface area contributed by atoms with Crippen molar-refractivity contribution in [3.63, 3.8) is 0 Å². The average molecular weight is 237 g/mol. The number of hydrogen-bond donors (Lipinski definition) is 1. The van der Waals surface area contributed by atoms with Crippen LogP contribution in [0.1, 0.15) is 35.7 Å². The predicted octanol–water partition coefficient (Wildman–Crippen LogP) is 2.28. The molecule has 2 heterocycles. The van der Waals surface area contributed by atoms with Crippen LogP contribution in [0.15, 0.2) is 11.4 Å². The van der Waals surface area contributed by atoms with E-state index in [0.717, 1.165) is 18.5 Å². The lowest BCUT2D eigenvalue weighted by molar-refractivity contribution is -0.146. The van der Waals surface area contributed by atoms with Crippen LogP contribution in [0.3, 0.4) is 0 Å². The summed E-state index contributed by atoms with van der Waals surface area (Å²) < 4.78 is 0. The van der Waals surface area contributed by atoms with Gasteiger partial charge in [-0.05, 0) is 36.3 Å². The number of carboxylic acids is 1. The van der Waals surface area contributed by atoms with E-state index in [9.17, 15) is 9.90 Å². The van der Waals surface area contributed by atoms with E-state index in [-0.39, 0.29) is 6.04 Å². The molecule has 3 rings (SSSR count). The Balaban J connectivity index is 1.94. The molecule has 1 unspecified atom stereocenters. The number of aliphatic carboxylic acids is 1. The lowest BCUT2D eigenvalue weighted by Gasteiger charge is -2.43. The summed E-state index contributed by atoms with van der Waals surface area (Å²) >= 11 is 1.70. The number of thiophene rings is 1. The molecule has 1 fully saturated rings. The van der Waals surface area contributed by atoms with E-state index in [1.807, 2.05) is 11.4 Å². The second-order valence-electron chi connectivity index (χ2n) is 4.61. The van der Waals surface area contributed by atoms with Crippen LogP contribution in [0.4, 0.5) is 0 Å². The highest BCUT2D eigenvalue weighted by atomic mass is 32.1. The summed E-state index contributed by atoms with van der Waals surface area (Å²) in [6.45, 7) is 0.912. The van der Waals surface area contributed by atoms with Gasteiger partial charge in [0, 0.05) is 17.5 Å². The fourth-order valence-electron chi connectivity index (χ4n) is 2.72. The predicted molar refractivity (Wildman–Crippen MR) is 62.7 cm³/mol. The minimum Gasteiger partial charge on any atom is -0.480 e. The van der Waals surface area contributed by atoms with Crippen LogP contribution >= 0.6 is 11.3 Å². The average Bonchev–Trinajstić information content (AvgIpc) is 2.61. The van der Waals surface area contributed by atoms with Crippen molar-refractivity contribution in [1.82, 2.24) is 4.90 Å². The first-order chi connectivity index (χ1) is 7.77. The monoisotopic (exact) mass is 237 g/mol. The van der Waals surface area contributed by atoms with E-state index < -0.39 is 5.97 Å². The fraction of sp³-hybridized carbons (Fsp3) is 0.583. The Bertz CT molecular complexity index is 411. The summed E-state index contributed by atoms with van der Waals surface area (Å²) in [5.41, 5.74) is 1.04. The minimum absolute atomic E-state index is 0.389. The molecule has 0 radical (unpaired) electrons. The van der Waals surface area contributed by atoms with Crippen LogP contribution in [0, 0.1) is 0 Å². The number of carboxylic acid groups (broad SMARTS) is 1. The summed E-state index contributed by atoms with van der Waals surface area (Å²) in [4.78, 5) is 14.9. The van der Waals surface area contributed by atoms with E-state index in [2.05, 4.69) is 4.90 Å². The highest BCUT2D eigenvalue weighted by Gasteiger charge is 2.39. The van der Waals surface area contributed by atoms with Crippen LogP contribution in [0.2, 0.25) is 0 Å². The van der Waals surface area contributed by atoms with Crippen LogP contribution in [-0.4, -0.2) is 28.6 Å². The summed E-state index contributed by atoms with van der Waals surface area (Å²) in [5, 5.41) is 11.4. The first kappa shape index (κ1) is 10.3. The summed E-state index contributed by atoms with van der Waals surface area (Å²) in [6.07, 6.45) is 4.61. The van der Waals surface area contributed by atoms with Gasteiger partial charge in [0.2, 0.25) is 0 Å². The standard InChI is InChI=1S/C12H15NO2S/c14-12(15)11-9-5-7-16-10(9)4-6-13(11)8-2-1-3-8/h5,7-8,11H,1-4,6H2,(H,14,15). The van der Waals surface area contributed by atoms with Gasteiger partial charge in [-0.15, -0.1) is 11.3 Å². The van der Waals surface area contributed by atoms with Crippen LogP contribution in [0.5, 0.6) is 0 Å². The van der Waals surface area contributed by atoms with Gasteiger partial charge in [-0.1, -0.05) is 6.42 Å². The van der Waals surface area contributed by atoms with Gasteiger partial charge >= 0.3 is 5.97 Å². The molecule has 0 amide bonds. The van der Waals surface area contributed by atoms with E-state index in [1.54, 1.807) is 11.3 Å². The Kier molecular flexibility index (Phi) is 2.48. The van der Waals surface area contributed by atoms with E-state index in [0.29, 0.717) is 6.04 Å². The van der Waals surface area contributed by atoms with E-state index in [4.69, 9.17) is 0 Å². The molecule has 2 aliphatic rings. The molecule has 1 aromatic rings. The highest BCUT2D eigenvalue weighted by Crippen LogP contribution is 2.38. The highest BCUT2D eigenvalue weighted by molar-refractivity contribution is 7.10. The van der Waals surface area contributed by atoms with Crippen molar-refractivity contribution in [3.05, 3.63) is 21.9 Å². The van der Waals surface area contributed by atoms with Crippen molar-refractivity contribution >= 4 is 17.3 Å². The molecule has 0 spiro atoms. The largest absolute Gasteiger partial charge is 0.480 e. The van der Waals surface area contributed by atoms with E-state index in [1.165, 1.54) is 24.1 Å². The van der Waals surface area contributed by atoms with Gasteiger partial charge in [0.25, 0.3) is 0 Å². The number of nitrogens with zero attached hydrogens (tertiary/aromatic N) is 1. The SMILES string of the molecule is O=C(O)C1c2ccsc2CCN1C1CCC1. The Morgan fingerprint density at radius 3 is 2.94 bits per heavy atom. The molecule has 0 bridgehead atoms. The van der Waals surface area contributed by atoms with Gasteiger partial charge in [0.05, 0.1) is 0 Å². The Hall–Kier alpha value is -0.870. The van der Waals surface area contributed by atoms with Crippen molar-refractivity contribution in [3.8, 4) is 0 Å². The molecule has 16 heavy (non-hydrogen) atoms. The number of hydrogen-bond acceptors (Lipinski definition) is 3. The summed E-state index contributed by atoms with van der Waals surface area (Å²) in [7, 11) is 0. The van der Waals surface area contributed by atoms with Crippen molar-refractivity contribution in [1.29, 1.82) is 0 Å². The van der Waals surface area contributed by atoms with Gasteiger partial charge in [-0.3, -0.25) is 9.69 Å². The third-order valence-electron chi connectivity index (χ3n) is 3.78. The molecule has 0 saturated heterocycles. The second-order valence-corrected chi connectivity index (χ2v) is 5.61. The normalized spacial score (nSPS) is 26.1. The number of fused-ring (bicyclic) bond motifs is 1. The van der Waals surface area contributed by atoms with Crippen LogP contribution in [-0.2, 0) is 11.2 Å². The van der Waals surface area contributed by atoms with Crippen molar-refractivity contribution in [2.75, 3.05) is 6.54 Å². The molecule has 0 aromatic carbocycles. The lowest BCUT2D eigenvalue weighted by Crippen LogP contribution is -2.48. The first-order valence-corrected chi connectivity index (χ1v) is 6.70. The molecule has 1 N–H and O–H groups in total. The molecule has 86 valence electrons. The van der Waals surface area contributed by atoms with Gasteiger partial charge in [-0.2, -0.15) is 0 Å². The third kappa shape index (κ3) is 1.48. The second kappa shape index (κ2) is 3.86. The maximum atomic E-state index is 11.4. The van der Waals surface area contributed by atoms with Crippen LogP contribution in [0.25, 0.3) is 0 Å². The Morgan fingerprint density at radius 2 is 2.31 bits per heavy atom. The zero-order valence-corrected chi connectivity index (χ0v) is 9.87. The smallest absolute Gasteiger partial charge is 0.325 e. The molecular formula is C12H15NO2S. The van der Waals surface area contributed by atoms with E-state index >= 15 is 0 Å². The molecule has 1 atom stereocenters. The topological polar surface area (TPSA) is 40.5 Å². The molecular weight excluding hydrogens is 222 g/mol. The van der Waals surface area contributed by atoms with Crippen LogP contribution < -0.4 is 0 Å². The molecule has 1 aromatic heterocycles. The molecule has 1 aliphatic carbocycles. The van der Waals surface area contributed by atoms with Gasteiger partial charge in [0.1, 0.15) is 6.04 Å². The van der Waals surface area contributed by atoms with Gasteiger partial charge < -0.3 is 5.11 Å². The minimum atomic E-state index is -0.689. The van der Waals surface area contributed by atoms with Gasteiger partial charge in [-0.25, -0.2) is 0 Å². The lowest BCUT2D eigenvalue weighted by atomic mass is 9.87. The molecule has 4 heteroatoms.